The Bertz CT molecular complexity index is 269. The van der Waals surface area contributed by atoms with Gasteiger partial charge in [-0.25, -0.2) is 0 Å². The minimum absolute atomic E-state index is 0.787. The average Bonchev–Trinajstić information content (AvgIpc) is 2.22. The normalized spacial score (nSPS) is 41.7. The maximum Gasteiger partial charge on any atom is 0.210 e. The monoisotopic (exact) mass is 237 g/mol. The van der Waals surface area contributed by atoms with Crippen molar-refractivity contribution in [2.24, 2.45) is 0 Å². The molecule has 0 aromatic carbocycles. The lowest BCUT2D eigenvalue weighted by Gasteiger charge is -2.43. The van der Waals surface area contributed by atoms with Gasteiger partial charge in [0.2, 0.25) is 5.79 Å². The highest BCUT2D eigenvalue weighted by Gasteiger charge is 2.48. The summed E-state index contributed by atoms with van der Waals surface area (Å²) in [4.78, 5) is 10.6. The molecule has 0 aromatic rings. The van der Waals surface area contributed by atoms with Gasteiger partial charge in [-0.3, -0.25) is 0 Å². The van der Waals surface area contributed by atoms with Gasteiger partial charge in [0, 0.05) is 6.42 Å². The van der Waals surface area contributed by atoms with E-state index in [0.29, 0.717) is 0 Å². The number of carbonyl (C=O) groups excluding carboxylic acids is 1. The summed E-state index contributed by atoms with van der Waals surface area (Å²) in [6.45, 7) is -0.822. The van der Waals surface area contributed by atoms with Gasteiger partial charge in [-0.1, -0.05) is 0 Å². The highest BCUT2D eigenvalue weighted by Crippen LogP contribution is 2.28. The first-order valence-electron chi connectivity index (χ1n) is 4.58. The van der Waals surface area contributed by atoms with E-state index < -0.39 is 49.2 Å². The van der Waals surface area contributed by atoms with Gasteiger partial charge in [-0.2, -0.15) is 0 Å². The highest BCUT2D eigenvalue weighted by atomic mass is 16.7. The van der Waals surface area contributed by atoms with E-state index in [1.54, 1.807) is 0 Å². The first-order valence-corrected chi connectivity index (χ1v) is 4.58. The molecule has 0 amide bonds. The lowest BCUT2D eigenvalue weighted by Crippen LogP contribution is -2.64. The summed E-state index contributed by atoms with van der Waals surface area (Å²) >= 11 is 0. The Morgan fingerprint density at radius 2 is 2.12 bits per heavy atom. The topological polar surface area (TPSA) is 151 Å². The van der Waals surface area contributed by atoms with Crippen LogP contribution in [-0.4, -0.2) is 68.3 Å². The third-order valence-corrected chi connectivity index (χ3v) is 2.43. The van der Waals surface area contributed by atoms with Crippen LogP contribution in [0.25, 0.3) is 0 Å². The maximum atomic E-state index is 10.6. The van der Waals surface area contributed by atoms with E-state index in [-0.39, 0.29) is 0 Å². The SMILES string of the molecule is O=C([O-])[C@@]1(O)C[C@@H](O)[C@@H](O)[C@@H]([C@H](O)CO)O1. The first-order chi connectivity index (χ1) is 7.31. The fourth-order valence-electron chi connectivity index (χ4n) is 1.51. The van der Waals surface area contributed by atoms with E-state index in [4.69, 9.17) is 5.11 Å². The number of rotatable bonds is 3. The standard InChI is InChI=1S/C8H14O8/c9-2-4(11)6-5(12)3(10)1-8(15,16-6)7(13)14/h3-6,9-12,15H,1-2H2,(H,13,14)/p-1/t3-,4-,5-,6-,8-/m1/s1. The second-order valence-corrected chi connectivity index (χ2v) is 3.67. The van der Waals surface area contributed by atoms with Crippen molar-refractivity contribution in [2.45, 2.75) is 36.6 Å². The molecule has 1 rings (SSSR count). The quantitative estimate of drug-likeness (QED) is 0.328. The molecule has 5 atom stereocenters. The molecular formula is C8H13O8-. The van der Waals surface area contributed by atoms with Crippen LogP contribution in [0.2, 0.25) is 0 Å². The lowest BCUT2D eigenvalue weighted by atomic mass is 9.93. The van der Waals surface area contributed by atoms with Crippen LogP contribution in [-0.2, 0) is 9.53 Å². The van der Waals surface area contributed by atoms with Crippen molar-refractivity contribution in [3.63, 3.8) is 0 Å². The molecule has 8 nitrogen and oxygen atoms in total. The Kier molecular flexibility index (Phi) is 3.84. The van der Waals surface area contributed by atoms with Gasteiger partial charge in [0.15, 0.2) is 0 Å². The molecule has 0 bridgehead atoms. The van der Waals surface area contributed by atoms with E-state index in [0.717, 1.165) is 0 Å². The van der Waals surface area contributed by atoms with Crippen LogP contribution in [0.1, 0.15) is 6.42 Å². The van der Waals surface area contributed by atoms with Crippen molar-refractivity contribution in [1.82, 2.24) is 0 Å². The molecule has 8 heteroatoms. The van der Waals surface area contributed by atoms with Crippen molar-refractivity contribution in [1.29, 1.82) is 0 Å². The Labute approximate surface area is 90.3 Å². The number of hydrogen-bond acceptors (Lipinski definition) is 8. The number of aliphatic carboxylic acids is 1. The van der Waals surface area contributed by atoms with Gasteiger partial charge in [-0.05, 0) is 0 Å². The van der Waals surface area contributed by atoms with Crippen LogP contribution in [0.3, 0.4) is 0 Å². The van der Waals surface area contributed by atoms with Gasteiger partial charge in [0.05, 0.1) is 12.7 Å². The summed E-state index contributed by atoms with van der Waals surface area (Å²) in [5.41, 5.74) is 0. The number of carboxylic acids is 1. The van der Waals surface area contributed by atoms with Crippen LogP contribution in [0.4, 0.5) is 0 Å². The first kappa shape index (κ1) is 13.3. The summed E-state index contributed by atoms with van der Waals surface area (Å²) in [7, 11) is 0. The average molecular weight is 237 g/mol. The molecule has 1 fully saturated rings. The predicted molar refractivity (Wildman–Crippen MR) is 44.6 cm³/mol. The van der Waals surface area contributed by atoms with Crippen LogP contribution in [0, 0.1) is 0 Å². The van der Waals surface area contributed by atoms with Crippen molar-refractivity contribution < 1.29 is 40.2 Å². The van der Waals surface area contributed by atoms with E-state index in [9.17, 15) is 30.3 Å². The van der Waals surface area contributed by atoms with Crippen LogP contribution in [0.15, 0.2) is 0 Å². The number of aliphatic hydroxyl groups is 5. The fraction of sp³-hybridized carbons (Fsp3) is 0.875. The second-order valence-electron chi connectivity index (χ2n) is 3.67. The number of hydrogen-bond donors (Lipinski definition) is 5. The van der Waals surface area contributed by atoms with E-state index in [1.165, 1.54) is 0 Å². The minimum Gasteiger partial charge on any atom is -0.544 e. The molecule has 0 radical (unpaired) electrons. The van der Waals surface area contributed by atoms with E-state index >= 15 is 0 Å². The van der Waals surface area contributed by atoms with Crippen molar-refractivity contribution in [3.8, 4) is 0 Å². The Balaban J connectivity index is 2.89. The van der Waals surface area contributed by atoms with E-state index in [2.05, 4.69) is 4.74 Å². The molecule has 0 saturated carbocycles. The van der Waals surface area contributed by atoms with Gasteiger partial charge in [0.1, 0.15) is 24.3 Å². The van der Waals surface area contributed by atoms with Crippen LogP contribution >= 0.6 is 0 Å². The zero-order chi connectivity index (χ0) is 12.5. The zero-order valence-corrected chi connectivity index (χ0v) is 8.18. The Hall–Kier alpha value is -0.770. The molecule has 0 aromatic heterocycles. The highest BCUT2D eigenvalue weighted by molar-refractivity contribution is 5.73. The maximum absolute atomic E-state index is 10.6. The second kappa shape index (κ2) is 4.62. The summed E-state index contributed by atoms with van der Waals surface area (Å²) in [6.07, 6.45) is -7.25. The van der Waals surface area contributed by atoms with Crippen molar-refractivity contribution >= 4 is 5.97 Å². The molecule has 94 valence electrons. The molecule has 1 aliphatic heterocycles. The lowest BCUT2D eigenvalue weighted by molar-refractivity contribution is -0.378. The molecular weight excluding hydrogens is 224 g/mol. The number of ether oxygens (including phenoxy) is 1. The van der Waals surface area contributed by atoms with Crippen molar-refractivity contribution in [3.05, 3.63) is 0 Å². The largest absolute Gasteiger partial charge is 0.544 e. The Morgan fingerprint density at radius 1 is 1.56 bits per heavy atom. The molecule has 0 unspecified atom stereocenters. The molecule has 1 aliphatic rings. The summed E-state index contributed by atoms with van der Waals surface area (Å²) in [6, 6.07) is 0. The van der Waals surface area contributed by atoms with Crippen LogP contribution < -0.4 is 5.11 Å². The van der Waals surface area contributed by atoms with Gasteiger partial charge in [-0.15, -0.1) is 0 Å². The van der Waals surface area contributed by atoms with Gasteiger partial charge in [0.25, 0.3) is 0 Å². The van der Waals surface area contributed by atoms with Crippen molar-refractivity contribution in [2.75, 3.05) is 6.61 Å². The summed E-state index contributed by atoms with van der Waals surface area (Å²) < 4.78 is 4.54. The minimum atomic E-state index is -2.79. The van der Waals surface area contributed by atoms with Crippen LogP contribution in [0.5, 0.6) is 0 Å². The Morgan fingerprint density at radius 3 is 2.56 bits per heavy atom. The molecule has 5 N–H and O–H groups in total. The smallest absolute Gasteiger partial charge is 0.210 e. The zero-order valence-electron chi connectivity index (χ0n) is 8.18. The van der Waals surface area contributed by atoms with Gasteiger partial charge < -0.3 is 40.2 Å². The predicted octanol–water partition coefficient (Wildman–Crippen LogP) is -4.71. The molecule has 1 saturated heterocycles. The molecule has 0 aliphatic carbocycles. The fourth-order valence-corrected chi connectivity index (χ4v) is 1.51. The summed E-state index contributed by atoms with van der Waals surface area (Å²) in [5, 5.41) is 56.5. The molecule has 0 spiro atoms. The number of carbonyl (C=O) groups is 1. The molecule has 16 heavy (non-hydrogen) atoms. The molecule has 1 heterocycles. The summed E-state index contributed by atoms with van der Waals surface area (Å²) in [5.74, 6) is -4.78. The van der Waals surface area contributed by atoms with Gasteiger partial charge >= 0.3 is 0 Å². The van der Waals surface area contributed by atoms with E-state index in [1.807, 2.05) is 0 Å². The number of carboxylic acid groups (broad SMARTS) is 1. The third kappa shape index (κ3) is 2.32. The third-order valence-electron chi connectivity index (χ3n) is 2.43. The number of aliphatic hydroxyl groups excluding tert-OH is 4.